The number of aryl methyl sites for hydroxylation is 3. The number of nitrogens with one attached hydrogen (secondary N) is 1. The summed E-state index contributed by atoms with van der Waals surface area (Å²) in [6.45, 7) is 5.78. The van der Waals surface area contributed by atoms with E-state index in [0.29, 0.717) is 10.8 Å². The van der Waals surface area contributed by atoms with E-state index in [1.807, 2.05) is 39.0 Å². The van der Waals surface area contributed by atoms with Crippen LogP contribution in [0.2, 0.25) is 5.02 Å². The zero-order valence-electron chi connectivity index (χ0n) is 13.4. The van der Waals surface area contributed by atoms with Crippen LogP contribution >= 0.6 is 11.6 Å². The van der Waals surface area contributed by atoms with E-state index in [1.165, 1.54) is 0 Å². The second kappa shape index (κ2) is 7.79. The summed E-state index contributed by atoms with van der Waals surface area (Å²) >= 11 is 5.94. The van der Waals surface area contributed by atoms with Gasteiger partial charge >= 0.3 is 0 Å². The molecule has 2 aromatic carbocycles. The first-order chi connectivity index (χ1) is 11.0. The number of hydrogen-bond acceptors (Lipinski definition) is 3. The second-order valence-corrected chi connectivity index (χ2v) is 5.76. The lowest BCUT2D eigenvalue weighted by atomic mass is 10.1. The third-order valence-corrected chi connectivity index (χ3v) is 3.75. The molecule has 120 valence electrons. The van der Waals surface area contributed by atoms with E-state index >= 15 is 0 Å². The van der Waals surface area contributed by atoms with Gasteiger partial charge in [0.25, 0.3) is 5.91 Å². The number of ether oxygens (including phenoxy) is 1. The van der Waals surface area contributed by atoms with Crippen LogP contribution in [0.15, 0.2) is 41.5 Å². The Bertz CT molecular complexity index is 742. The van der Waals surface area contributed by atoms with Gasteiger partial charge < -0.3 is 4.74 Å². The Kier molecular flexibility index (Phi) is 5.77. The van der Waals surface area contributed by atoms with E-state index in [1.54, 1.807) is 24.4 Å². The van der Waals surface area contributed by atoms with Crippen LogP contribution in [0.25, 0.3) is 0 Å². The number of rotatable bonds is 5. The highest BCUT2D eigenvalue weighted by Crippen LogP contribution is 2.20. The van der Waals surface area contributed by atoms with E-state index in [4.69, 9.17) is 16.3 Å². The molecule has 5 heteroatoms. The molecular weight excluding hydrogens is 312 g/mol. The van der Waals surface area contributed by atoms with Crippen molar-refractivity contribution in [3.63, 3.8) is 0 Å². The summed E-state index contributed by atoms with van der Waals surface area (Å²) in [4.78, 5) is 11.7. The van der Waals surface area contributed by atoms with Crippen molar-refractivity contribution in [2.75, 3.05) is 6.61 Å². The number of nitrogens with zero attached hydrogens (tertiary/aromatic N) is 1. The van der Waals surface area contributed by atoms with Gasteiger partial charge in [-0.3, -0.25) is 4.79 Å². The van der Waals surface area contributed by atoms with Gasteiger partial charge in [0.1, 0.15) is 5.75 Å². The smallest absolute Gasteiger partial charge is 0.277 e. The molecule has 0 spiro atoms. The zero-order valence-corrected chi connectivity index (χ0v) is 14.1. The molecule has 0 atom stereocenters. The van der Waals surface area contributed by atoms with E-state index in [0.717, 1.165) is 22.3 Å². The van der Waals surface area contributed by atoms with Crippen LogP contribution in [-0.4, -0.2) is 18.7 Å². The standard InChI is InChI=1S/C18H19ClN2O2/c1-12-4-5-13(2)15(8-12)10-20-21-18(22)11-23-16-6-7-17(19)14(3)9-16/h4-10H,11H2,1-3H3,(H,21,22)/b20-10-. The number of benzene rings is 2. The normalized spacial score (nSPS) is 10.8. The van der Waals surface area contributed by atoms with Crippen molar-refractivity contribution in [2.24, 2.45) is 5.10 Å². The van der Waals surface area contributed by atoms with Crippen LogP contribution in [0.1, 0.15) is 22.3 Å². The summed E-state index contributed by atoms with van der Waals surface area (Å²) in [5, 5.41) is 4.63. The number of amides is 1. The van der Waals surface area contributed by atoms with Gasteiger partial charge in [-0.2, -0.15) is 5.10 Å². The minimum absolute atomic E-state index is 0.106. The summed E-state index contributed by atoms with van der Waals surface area (Å²) in [7, 11) is 0. The van der Waals surface area contributed by atoms with Crippen LogP contribution in [-0.2, 0) is 4.79 Å². The maximum absolute atomic E-state index is 11.7. The Balaban J connectivity index is 1.86. The van der Waals surface area contributed by atoms with Crippen molar-refractivity contribution in [1.82, 2.24) is 5.43 Å². The minimum Gasteiger partial charge on any atom is -0.484 e. The van der Waals surface area contributed by atoms with Gasteiger partial charge in [-0.15, -0.1) is 0 Å². The van der Waals surface area contributed by atoms with E-state index in [2.05, 4.69) is 10.5 Å². The van der Waals surface area contributed by atoms with Gasteiger partial charge in [-0.1, -0.05) is 35.4 Å². The average molecular weight is 331 g/mol. The third-order valence-electron chi connectivity index (χ3n) is 3.33. The number of hydrazone groups is 1. The minimum atomic E-state index is -0.320. The van der Waals surface area contributed by atoms with Gasteiger partial charge in [0.2, 0.25) is 0 Å². The molecule has 23 heavy (non-hydrogen) atoms. The molecule has 0 heterocycles. The van der Waals surface area contributed by atoms with Gasteiger partial charge in [-0.25, -0.2) is 5.43 Å². The summed E-state index contributed by atoms with van der Waals surface area (Å²) < 4.78 is 5.40. The van der Waals surface area contributed by atoms with Crippen molar-refractivity contribution < 1.29 is 9.53 Å². The van der Waals surface area contributed by atoms with Crippen molar-refractivity contribution in [3.8, 4) is 5.75 Å². The maximum atomic E-state index is 11.7. The summed E-state index contributed by atoms with van der Waals surface area (Å²) in [6.07, 6.45) is 1.63. The van der Waals surface area contributed by atoms with Crippen molar-refractivity contribution in [3.05, 3.63) is 63.7 Å². The molecule has 1 amide bonds. The van der Waals surface area contributed by atoms with E-state index in [9.17, 15) is 4.79 Å². The fourth-order valence-electron chi connectivity index (χ4n) is 1.96. The SMILES string of the molecule is Cc1ccc(C)c(/C=N\NC(=O)COc2ccc(Cl)c(C)c2)c1. The molecule has 0 saturated heterocycles. The highest BCUT2D eigenvalue weighted by molar-refractivity contribution is 6.31. The third kappa shape index (κ3) is 5.11. The number of carbonyl (C=O) groups is 1. The largest absolute Gasteiger partial charge is 0.484 e. The molecule has 4 nitrogen and oxygen atoms in total. The molecule has 2 aromatic rings. The summed E-state index contributed by atoms with van der Waals surface area (Å²) in [5.74, 6) is 0.278. The van der Waals surface area contributed by atoms with Gasteiger partial charge in [0.15, 0.2) is 6.61 Å². The Labute approximate surface area is 141 Å². The molecule has 0 aromatic heterocycles. The van der Waals surface area contributed by atoms with E-state index < -0.39 is 0 Å². The van der Waals surface area contributed by atoms with Gasteiger partial charge in [0.05, 0.1) is 6.21 Å². The lowest BCUT2D eigenvalue weighted by Gasteiger charge is -2.06. The van der Waals surface area contributed by atoms with Crippen molar-refractivity contribution >= 4 is 23.7 Å². The Morgan fingerprint density at radius 1 is 1.17 bits per heavy atom. The lowest BCUT2D eigenvalue weighted by Crippen LogP contribution is -2.24. The first-order valence-electron chi connectivity index (χ1n) is 7.24. The molecule has 0 saturated carbocycles. The predicted octanol–water partition coefficient (Wildman–Crippen LogP) is 3.79. The zero-order chi connectivity index (χ0) is 16.8. The molecule has 0 aliphatic rings. The highest BCUT2D eigenvalue weighted by atomic mass is 35.5. The average Bonchev–Trinajstić information content (AvgIpc) is 2.52. The lowest BCUT2D eigenvalue weighted by molar-refractivity contribution is -0.123. The molecule has 0 aliphatic heterocycles. The first-order valence-corrected chi connectivity index (χ1v) is 7.61. The molecular formula is C18H19ClN2O2. The molecule has 0 radical (unpaired) electrons. The first kappa shape index (κ1) is 17.0. The van der Waals surface area contributed by atoms with Crippen LogP contribution in [0.4, 0.5) is 0 Å². The second-order valence-electron chi connectivity index (χ2n) is 5.35. The Morgan fingerprint density at radius 2 is 1.96 bits per heavy atom. The van der Waals surface area contributed by atoms with Crippen LogP contribution in [0.3, 0.4) is 0 Å². The molecule has 1 N–H and O–H groups in total. The highest BCUT2D eigenvalue weighted by Gasteiger charge is 2.03. The number of carbonyl (C=O) groups excluding carboxylic acids is 1. The van der Waals surface area contributed by atoms with Crippen LogP contribution in [0, 0.1) is 20.8 Å². The van der Waals surface area contributed by atoms with E-state index in [-0.39, 0.29) is 12.5 Å². The fourth-order valence-corrected chi connectivity index (χ4v) is 2.08. The monoisotopic (exact) mass is 330 g/mol. The van der Waals surface area contributed by atoms with Crippen LogP contribution in [0.5, 0.6) is 5.75 Å². The Hall–Kier alpha value is -2.33. The Morgan fingerprint density at radius 3 is 2.70 bits per heavy atom. The van der Waals surface area contributed by atoms with Crippen LogP contribution < -0.4 is 10.2 Å². The molecule has 0 aliphatic carbocycles. The molecule has 0 bridgehead atoms. The van der Waals surface area contributed by atoms with Gasteiger partial charge in [-0.05, 0) is 55.7 Å². The topological polar surface area (TPSA) is 50.7 Å². The van der Waals surface area contributed by atoms with Crippen molar-refractivity contribution in [2.45, 2.75) is 20.8 Å². The van der Waals surface area contributed by atoms with Gasteiger partial charge in [0, 0.05) is 5.02 Å². The quantitative estimate of drug-likeness (QED) is 0.669. The summed E-state index contributed by atoms with van der Waals surface area (Å²) in [5.41, 5.74) is 6.57. The predicted molar refractivity (Wildman–Crippen MR) is 93.3 cm³/mol. The number of hydrogen-bond donors (Lipinski definition) is 1. The van der Waals surface area contributed by atoms with Crippen molar-refractivity contribution in [1.29, 1.82) is 0 Å². The fraction of sp³-hybridized carbons (Fsp3) is 0.222. The number of halogens is 1. The molecule has 2 rings (SSSR count). The maximum Gasteiger partial charge on any atom is 0.277 e. The molecule has 0 unspecified atom stereocenters. The summed E-state index contributed by atoms with van der Waals surface area (Å²) in [6, 6.07) is 11.3. The molecule has 0 fully saturated rings.